The first-order valence-electron chi connectivity index (χ1n) is 8.05. The Balaban J connectivity index is 1.58. The highest BCUT2D eigenvalue weighted by atomic mass is 32.2. The number of nitrogens with one attached hydrogen (secondary N) is 1. The molecule has 0 aliphatic carbocycles. The Hall–Kier alpha value is -3.17. The predicted octanol–water partition coefficient (Wildman–Crippen LogP) is 2.43. The lowest BCUT2D eigenvalue weighted by molar-refractivity contribution is 0.577. The van der Waals surface area contributed by atoms with Crippen LogP contribution in [0.2, 0.25) is 0 Å². The number of benzene rings is 3. The van der Waals surface area contributed by atoms with E-state index in [1.807, 2.05) is 24.3 Å². The van der Waals surface area contributed by atoms with Gasteiger partial charge in [-0.3, -0.25) is 0 Å². The fourth-order valence-electron chi connectivity index (χ4n) is 2.70. The monoisotopic (exact) mass is 383 g/mol. The zero-order chi connectivity index (χ0) is 18.9. The average molecular weight is 383 g/mol. The summed E-state index contributed by atoms with van der Waals surface area (Å²) in [5.74, 6) is -0.198. The summed E-state index contributed by atoms with van der Waals surface area (Å²) in [6, 6.07) is 18.1. The highest BCUT2D eigenvalue weighted by Gasteiger charge is 2.17. The van der Waals surface area contributed by atoms with Crippen LogP contribution in [0.25, 0.3) is 16.5 Å². The van der Waals surface area contributed by atoms with E-state index in [0.29, 0.717) is 5.69 Å². The molecule has 1 heterocycles. The molecule has 4 rings (SSSR count). The molecule has 136 valence electrons. The van der Waals surface area contributed by atoms with Gasteiger partial charge in [0.2, 0.25) is 10.0 Å². The van der Waals surface area contributed by atoms with Crippen molar-refractivity contribution >= 4 is 20.8 Å². The molecule has 1 aromatic heterocycles. The first-order chi connectivity index (χ1) is 13.0. The molecule has 0 radical (unpaired) electrons. The second kappa shape index (κ2) is 6.86. The molecule has 0 bridgehead atoms. The lowest BCUT2D eigenvalue weighted by atomic mass is 10.1. The van der Waals surface area contributed by atoms with E-state index in [1.54, 1.807) is 24.3 Å². The van der Waals surface area contributed by atoms with Crippen molar-refractivity contribution in [2.75, 3.05) is 0 Å². The summed E-state index contributed by atoms with van der Waals surface area (Å²) in [4.78, 5) is 0.144. The van der Waals surface area contributed by atoms with Gasteiger partial charge in [-0.1, -0.05) is 36.4 Å². The van der Waals surface area contributed by atoms with Crippen LogP contribution in [0.5, 0.6) is 0 Å². The van der Waals surface area contributed by atoms with Crippen LogP contribution in [0.3, 0.4) is 0 Å². The van der Waals surface area contributed by atoms with Crippen molar-refractivity contribution in [3.05, 3.63) is 78.4 Å². The molecule has 0 aliphatic rings. The van der Waals surface area contributed by atoms with E-state index in [9.17, 15) is 12.8 Å². The van der Waals surface area contributed by atoms with Crippen LogP contribution in [-0.2, 0) is 16.6 Å². The first-order valence-corrected chi connectivity index (χ1v) is 9.53. The number of nitrogens with zero attached hydrogens (tertiary/aromatic N) is 4. The van der Waals surface area contributed by atoms with Crippen molar-refractivity contribution < 1.29 is 12.8 Å². The van der Waals surface area contributed by atoms with Crippen molar-refractivity contribution in [2.24, 2.45) is 0 Å². The molecule has 0 spiro atoms. The summed E-state index contributed by atoms with van der Waals surface area (Å²) in [7, 11) is -3.77. The second-order valence-electron chi connectivity index (χ2n) is 5.82. The Labute approximate surface area is 154 Å². The van der Waals surface area contributed by atoms with Crippen LogP contribution in [0.4, 0.5) is 4.39 Å². The third kappa shape index (κ3) is 3.55. The quantitative estimate of drug-likeness (QED) is 0.572. The zero-order valence-electron chi connectivity index (χ0n) is 13.9. The average Bonchev–Trinajstić information content (AvgIpc) is 3.15. The van der Waals surface area contributed by atoms with Crippen LogP contribution in [0.1, 0.15) is 5.82 Å². The normalized spacial score (nSPS) is 11.7. The van der Waals surface area contributed by atoms with E-state index in [4.69, 9.17) is 0 Å². The van der Waals surface area contributed by atoms with Gasteiger partial charge in [0.25, 0.3) is 0 Å². The van der Waals surface area contributed by atoms with Crippen molar-refractivity contribution in [3.8, 4) is 5.69 Å². The fourth-order valence-corrected chi connectivity index (χ4v) is 3.72. The van der Waals surface area contributed by atoms with Gasteiger partial charge in [-0.15, -0.1) is 5.10 Å². The molecule has 27 heavy (non-hydrogen) atoms. The van der Waals surface area contributed by atoms with Gasteiger partial charge in [-0.05, 0) is 51.5 Å². The Kier molecular flexibility index (Phi) is 4.38. The summed E-state index contributed by atoms with van der Waals surface area (Å²) in [6.07, 6.45) is 0. The van der Waals surface area contributed by atoms with Gasteiger partial charge in [0.05, 0.1) is 17.1 Å². The Bertz CT molecular complexity index is 1220. The van der Waals surface area contributed by atoms with Gasteiger partial charge in [0.1, 0.15) is 5.82 Å². The van der Waals surface area contributed by atoms with Gasteiger partial charge in [0, 0.05) is 0 Å². The Morgan fingerprint density at radius 3 is 2.59 bits per heavy atom. The molecule has 0 fully saturated rings. The highest BCUT2D eigenvalue weighted by molar-refractivity contribution is 7.89. The molecule has 7 nitrogen and oxygen atoms in total. The van der Waals surface area contributed by atoms with E-state index >= 15 is 0 Å². The number of aromatic nitrogens is 4. The van der Waals surface area contributed by atoms with Gasteiger partial charge in [0.15, 0.2) is 5.82 Å². The number of sulfonamides is 1. The summed E-state index contributed by atoms with van der Waals surface area (Å²) >= 11 is 0. The molecule has 0 atom stereocenters. The lowest BCUT2D eigenvalue weighted by Gasteiger charge is -2.08. The second-order valence-corrected chi connectivity index (χ2v) is 7.59. The summed E-state index contributed by atoms with van der Waals surface area (Å²) < 4.78 is 42.4. The zero-order valence-corrected chi connectivity index (χ0v) is 14.8. The number of rotatable bonds is 5. The Morgan fingerprint density at radius 1 is 0.963 bits per heavy atom. The molecule has 0 unspecified atom stereocenters. The van der Waals surface area contributed by atoms with E-state index in [-0.39, 0.29) is 17.3 Å². The first kappa shape index (κ1) is 17.3. The van der Waals surface area contributed by atoms with E-state index in [1.165, 1.54) is 22.9 Å². The van der Waals surface area contributed by atoms with Crippen LogP contribution < -0.4 is 4.72 Å². The number of tetrazole rings is 1. The fraction of sp³-hybridized carbons (Fsp3) is 0.0556. The number of hydrogen-bond acceptors (Lipinski definition) is 5. The molecule has 0 aliphatic heterocycles. The van der Waals surface area contributed by atoms with Gasteiger partial charge in [-0.25, -0.2) is 17.5 Å². The predicted molar refractivity (Wildman–Crippen MR) is 97.1 cm³/mol. The van der Waals surface area contributed by atoms with Crippen LogP contribution >= 0.6 is 0 Å². The maximum Gasteiger partial charge on any atom is 0.240 e. The highest BCUT2D eigenvalue weighted by Crippen LogP contribution is 2.19. The van der Waals surface area contributed by atoms with E-state index in [0.717, 1.165) is 10.8 Å². The minimum Gasteiger partial charge on any atom is -0.207 e. The van der Waals surface area contributed by atoms with Crippen molar-refractivity contribution in [2.45, 2.75) is 11.4 Å². The van der Waals surface area contributed by atoms with Crippen LogP contribution in [0.15, 0.2) is 71.6 Å². The van der Waals surface area contributed by atoms with Crippen molar-refractivity contribution in [1.29, 1.82) is 0 Å². The van der Waals surface area contributed by atoms with Gasteiger partial charge < -0.3 is 0 Å². The topological polar surface area (TPSA) is 89.8 Å². The standard InChI is InChI=1S/C18H14FN5O2S/c19-15-6-3-7-16(11-15)24-18(21-22-23-24)12-20-27(25,26)17-9-8-13-4-1-2-5-14(13)10-17/h1-11,20H,12H2. The lowest BCUT2D eigenvalue weighted by Crippen LogP contribution is -2.25. The van der Waals surface area contributed by atoms with E-state index in [2.05, 4.69) is 20.2 Å². The number of hydrogen-bond donors (Lipinski definition) is 1. The number of halogens is 1. The molecule has 3 aromatic carbocycles. The molecule has 9 heteroatoms. The molecular formula is C18H14FN5O2S. The summed E-state index contributed by atoms with van der Waals surface area (Å²) in [5.41, 5.74) is 0.403. The molecule has 0 saturated heterocycles. The maximum atomic E-state index is 13.4. The molecule has 4 aromatic rings. The minimum atomic E-state index is -3.77. The Morgan fingerprint density at radius 2 is 1.78 bits per heavy atom. The smallest absolute Gasteiger partial charge is 0.207 e. The van der Waals surface area contributed by atoms with Crippen molar-refractivity contribution in [1.82, 2.24) is 24.9 Å². The van der Waals surface area contributed by atoms with E-state index < -0.39 is 15.8 Å². The van der Waals surface area contributed by atoms with Crippen molar-refractivity contribution in [3.63, 3.8) is 0 Å². The SMILES string of the molecule is O=S(=O)(NCc1nnnn1-c1cccc(F)c1)c1ccc2ccccc2c1. The summed E-state index contributed by atoms with van der Waals surface area (Å²) in [6.45, 7) is -0.140. The largest absolute Gasteiger partial charge is 0.240 e. The third-order valence-corrected chi connectivity index (χ3v) is 5.44. The minimum absolute atomic E-state index is 0.140. The van der Waals surface area contributed by atoms with Crippen LogP contribution in [-0.4, -0.2) is 28.6 Å². The van der Waals surface area contributed by atoms with Gasteiger partial charge in [-0.2, -0.15) is 4.68 Å². The molecule has 1 N–H and O–H groups in total. The molecule has 0 amide bonds. The number of fused-ring (bicyclic) bond motifs is 1. The van der Waals surface area contributed by atoms with Gasteiger partial charge >= 0.3 is 0 Å². The maximum absolute atomic E-state index is 13.4. The molecular weight excluding hydrogens is 369 g/mol. The third-order valence-electron chi connectivity index (χ3n) is 4.04. The van der Waals surface area contributed by atoms with Crippen LogP contribution in [0, 0.1) is 5.82 Å². The molecule has 0 saturated carbocycles. The summed E-state index contributed by atoms with van der Waals surface area (Å²) in [5, 5.41) is 12.9.